The van der Waals surface area contributed by atoms with E-state index in [4.69, 9.17) is 0 Å². The Labute approximate surface area is 117 Å². The fraction of sp³-hybridized carbons (Fsp3) is 0.167. The second-order valence-electron chi connectivity index (χ2n) is 3.67. The maximum absolute atomic E-state index is 11.3. The Morgan fingerprint density at radius 2 is 2.22 bits per heavy atom. The van der Waals surface area contributed by atoms with E-state index in [9.17, 15) is 4.79 Å². The van der Waals surface area contributed by atoms with Crippen molar-refractivity contribution in [2.45, 2.75) is 6.92 Å². The summed E-state index contributed by atoms with van der Waals surface area (Å²) in [5.74, 6) is -0.426. The molecule has 6 heteroatoms. The van der Waals surface area contributed by atoms with E-state index < -0.39 is 5.97 Å². The van der Waals surface area contributed by atoms with Crippen molar-refractivity contribution in [3.8, 4) is 0 Å². The van der Waals surface area contributed by atoms with E-state index in [2.05, 4.69) is 31.0 Å². The average molecular weight is 327 g/mol. The first kappa shape index (κ1) is 13.0. The molecule has 1 N–H and O–H groups in total. The lowest BCUT2D eigenvalue weighted by Gasteiger charge is -2.04. The van der Waals surface area contributed by atoms with Gasteiger partial charge in [0.2, 0.25) is 0 Å². The van der Waals surface area contributed by atoms with Gasteiger partial charge in [0.1, 0.15) is 0 Å². The van der Waals surface area contributed by atoms with E-state index in [0.717, 1.165) is 15.7 Å². The fourth-order valence-corrected chi connectivity index (χ4v) is 2.77. The van der Waals surface area contributed by atoms with Gasteiger partial charge >= 0.3 is 5.97 Å². The standard InChI is InChI=1S/C12H11BrN2O2S/c1-7-3-8(13)5-9(4-7)14-12-15-10(6-18-12)11(16)17-2/h3-6H,1-2H3,(H,14,15). The summed E-state index contributed by atoms with van der Waals surface area (Å²) in [6.07, 6.45) is 0. The molecular weight excluding hydrogens is 316 g/mol. The molecule has 0 atom stereocenters. The van der Waals surface area contributed by atoms with Gasteiger partial charge in [0, 0.05) is 15.5 Å². The SMILES string of the molecule is COC(=O)c1csc(Nc2cc(C)cc(Br)c2)n1. The van der Waals surface area contributed by atoms with Crippen molar-refractivity contribution >= 4 is 44.1 Å². The number of nitrogens with one attached hydrogen (secondary N) is 1. The van der Waals surface area contributed by atoms with Gasteiger partial charge in [0.05, 0.1) is 7.11 Å². The van der Waals surface area contributed by atoms with Gasteiger partial charge in [-0.2, -0.15) is 0 Å². The largest absolute Gasteiger partial charge is 0.464 e. The Morgan fingerprint density at radius 1 is 1.44 bits per heavy atom. The molecule has 0 aliphatic carbocycles. The van der Waals surface area contributed by atoms with E-state index in [1.807, 2.05) is 25.1 Å². The zero-order chi connectivity index (χ0) is 13.1. The van der Waals surface area contributed by atoms with Crippen molar-refractivity contribution in [3.05, 3.63) is 39.3 Å². The summed E-state index contributed by atoms with van der Waals surface area (Å²) in [5.41, 5.74) is 2.38. The average Bonchev–Trinajstić information content (AvgIpc) is 2.75. The lowest BCUT2D eigenvalue weighted by atomic mass is 10.2. The van der Waals surface area contributed by atoms with Crippen LogP contribution in [-0.4, -0.2) is 18.1 Å². The van der Waals surface area contributed by atoms with Crippen molar-refractivity contribution < 1.29 is 9.53 Å². The first-order valence-corrected chi connectivity index (χ1v) is 6.84. The second kappa shape index (κ2) is 5.49. The molecule has 0 bridgehead atoms. The number of hydrogen-bond acceptors (Lipinski definition) is 5. The maximum atomic E-state index is 11.3. The number of benzene rings is 1. The van der Waals surface area contributed by atoms with Crippen LogP contribution in [0, 0.1) is 6.92 Å². The fourth-order valence-electron chi connectivity index (χ4n) is 1.46. The first-order valence-electron chi connectivity index (χ1n) is 5.16. The third-order valence-corrected chi connectivity index (χ3v) is 3.41. The molecule has 0 aliphatic rings. The number of carbonyl (C=O) groups excluding carboxylic acids is 1. The van der Waals surface area contributed by atoms with Crippen molar-refractivity contribution in [3.63, 3.8) is 0 Å². The Kier molecular flexibility index (Phi) is 3.98. The Bertz CT molecular complexity index is 563. The molecule has 0 fully saturated rings. The summed E-state index contributed by atoms with van der Waals surface area (Å²) in [7, 11) is 1.34. The van der Waals surface area contributed by atoms with Crippen LogP contribution in [0.25, 0.3) is 0 Å². The number of aryl methyl sites for hydroxylation is 1. The number of carbonyl (C=O) groups is 1. The molecule has 18 heavy (non-hydrogen) atoms. The van der Waals surface area contributed by atoms with E-state index in [1.165, 1.54) is 18.4 Å². The van der Waals surface area contributed by atoms with Crippen LogP contribution >= 0.6 is 27.3 Å². The summed E-state index contributed by atoms with van der Waals surface area (Å²) >= 11 is 4.80. The monoisotopic (exact) mass is 326 g/mol. The molecule has 0 amide bonds. The van der Waals surface area contributed by atoms with E-state index in [1.54, 1.807) is 5.38 Å². The molecule has 0 aliphatic heterocycles. The number of anilines is 2. The lowest BCUT2D eigenvalue weighted by Crippen LogP contribution is -2.01. The maximum Gasteiger partial charge on any atom is 0.357 e. The topological polar surface area (TPSA) is 51.2 Å². The van der Waals surface area contributed by atoms with Gasteiger partial charge in [-0.3, -0.25) is 0 Å². The minimum Gasteiger partial charge on any atom is -0.464 e. The van der Waals surface area contributed by atoms with Crippen LogP contribution in [0.1, 0.15) is 16.1 Å². The highest BCUT2D eigenvalue weighted by molar-refractivity contribution is 9.10. The number of methoxy groups -OCH3 is 1. The third kappa shape index (κ3) is 3.08. The molecule has 94 valence electrons. The van der Waals surface area contributed by atoms with Gasteiger partial charge in [-0.25, -0.2) is 9.78 Å². The van der Waals surface area contributed by atoms with E-state index in [0.29, 0.717) is 10.8 Å². The van der Waals surface area contributed by atoms with Crippen LogP contribution < -0.4 is 5.32 Å². The van der Waals surface area contributed by atoms with Crippen LogP contribution in [0.15, 0.2) is 28.1 Å². The molecule has 0 spiro atoms. The number of rotatable bonds is 3. The van der Waals surface area contributed by atoms with Gasteiger partial charge in [-0.15, -0.1) is 11.3 Å². The number of hydrogen-bond donors (Lipinski definition) is 1. The predicted octanol–water partition coefficient (Wildman–Crippen LogP) is 3.74. The smallest absolute Gasteiger partial charge is 0.357 e. The normalized spacial score (nSPS) is 10.2. The highest BCUT2D eigenvalue weighted by atomic mass is 79.9. The Balaban J connectivity index is 2.18. The molecule has 1 aromatic carbocycles. The van der Waals surface area contributed by atoms with Gasteiger partial charge in [0.15, 0.2) is 10.8 Å². The van der Waals surface area contributed by atoms with E-state index in [-0.39, 0.29) is 0 Å². The third-order valence-electron chi connectivity index (χ3n) is 2.19. The van der Waals surface area contributed by atoms with Crippen LogP contribution in [0.2, 0.25) is 0 Å². The quantitative estimate of drug-likeness (QED) is 0.873. The lowest BCUT2D eigenvalue weighted by molar-refractivity contribution is 0.0595. The zero-order valence-corrected chi connectivity index (χ0v) is 12.3. The van der Waals surface area contributed by atoms with Crippen molar-refractivity contribution in [1.82, 2.24) is 4.98 Å². The minimum absolute atomic E-state index is 0.316. The van der Waals surface area contributed by atoms with E-state index >= 15 is 0 Å². The molecule has 0 unspecified atom stereocenters. The minimum atomic E-state index is -0.426. The summed E-state index contributed by atoms with van der Waals surface area (Å²) in [6.45, 7) is 2.01. The summed E-state index contributed by atoms with van der Waals surface area (Å²) in [6, 6.07) is 5.98. The van der Waals surface area contributed by atoms with Gasteiger partial charge in [-0.1, -0.05) is 15.9 Å². The highest BCUT2D eigenvalue weighted by Gasteiger charge is 2.10. The summed E-state index contributed by atoms with van der Waals surface area (Å²) < 4.78 is 5.60. The van der Waals surface area contributed by atoms with Gasteiger partial charge in [0.25, 0.3) is 0 Å². The molecule has 4 nitrogen and oxygen atoms in total. The number of thiazole rings is 1. The molecule has 2 aromatic rings. The Hall–Kier alpha value is -1.40. The van der Waals surface area contributed by atoms with Gasteiger partial charge < -0.3 is 10.1 Å². The van der Waals surface area contributed by atoms with Crippen LogP contribution in [0.5, 0.6) is 0 Å². The second-order valence-corrected chi connectivity index (χ2v) is 5.45. The zero-order valence-electron chi connectivity index (χ0n) is 9.86. The van der Waals surface area contributed by atoms with Gasteiger partial charge in [-0.05, 0) is 30.7 Å². The highest BCUT2D eigenvalue weighted by Crippen LogP contribution is 2.25. The first-order chi connectivity index (χ1) is 8.58. The molecule has 0 radical (unpaired) electrons. The number of esters is 1. The predicted molar refractivity (Wildman–Crippen MR) is 75.6 cm³/mol. The molecule has 2 rings (SSSR count). The number of halogens is 1. The van der Waals surface area contributed by atoms with Crippen molar-refractivity contribution in [2.24, 2.45) is 0 Å². The van der Waals surface area contributed by atoms with Crippen LogP contribution in [0.4, 0.5) is 10.8 Å². The van der Waals surface area contributed by atoms with Crippen LogP contribution in [0.3, 0.4) is 0 Å². The molecule has 1 heterocycles. The van der Waals surface area contributed by atoms with Crippen molar-refractivity contribution in [2.75, 3.05) is 12.4 Å². The molecule has 1 aromatic heterocycles. The molecule has 0 saturated carbocycles. The van der Waals surface area contributed by atoms with Crippen molar-refractivity contribution in [1.29, 1.82) is 0 Å². The molecular formula is C12H11BrN2O2S. The summed E-state index contributed by atoms with van der Waals surface area (Å²) in [5, 5.41) is 5.48. The van der Waals surface area contributed by atoms with Crippen LogP contribution in [-0.2, 0) is 4.74 Å². The molecule has 0 saturated heterocycles. The number of aromatic nitrogens is 1. The Morgan fingerprint density at radius 3 is 2.89 bits per heavy atom. The number of ether oxygens (including phenoxy) is 1. The summed E-state index contributed by atoms with van der Waals surface area (Å²) in [4.78, 5) is 15.4. The number of nitrogens with zero attached hydrogens (tertiary/aromatic N) is 1.